The van der Waals surface area contributed by atoms with E-state index in [0.29, 0.717) is 27.4 Å². The van der Waals surface area contributed by atoms with E-state index in [0.717, 1.165) is 0 Å². The number of hydrogen-bond acceptors (Lipinski definition) is 3. The van der Waals surface area contributed by atoms with E-state index in [1.165, 1.54) is 12.1 Å². The van der Waals surface area contributed by atoms with Gasteiger partial charge in [0.15, 0.2) is 0 Å². The third-order valence-corrected chi connectivity index (χ3v) is 3.30. The quantitative estimate of drug-likeness (QED) is 0.449. The van der Waals surface area contributed by atoms with Crippen molar-refractivity contribution in [3.05, 3.63) is 63.2 Å². The Morgan fingerprint density at radius 3 is 2.47 bits per heavy atom. The topological polar surface area (TPSA) is 52.4 Å². The van der Waals surface area contributed by atoms with Crippen LogP contribution in [0, 0.1) is 10.1 Å². The molecule has 6 heteroatoms. The van der Waals surface area contributed by atoms with E-state index < -0.39 is 4.92 Å². The largest absolute Gasteiger partial charge is 0.457 e. The van der Waals surface area contributed by atoms with E-state index in [1.54, 1.807) is 30.3 Å². The maximum Gasteiger partial charge on any atom is 0.270 e. The molecule has 0 unspecified atom stereocenters. The SMILES string of the molecule is O=[N+]([O-])c1ccc(Oc2ccc(Cl)cc2)c(CBr)c1. The van der Waals surface area contributed by atoms with Crippen molar-refractivity contribution in [2.75, 3.05) is 0 Å². The molecule has 19 heavy (non-hydrogen) atoms. The van der Waals surface area contributed by atoms with Crippen LogP contribution in [0.1, 0.15) is 5.56 Å². The van der Waals surface area contributed by atoms with Crippen LogP contribution in [0.3, 0.4) is 0 Å². The predicted molar refractivity (Wildman–Crippen MR) is 77.3 cm³/mol. The van der Waals surface area contributed by atoms with Gasteiger partial charge in [-0.1, -0.05) is 27.5 Å². The molecule has 2 rings (SSSR count). The molecule has 0 atom stereocenters. The summed E-state index contributed by atoms with van der Waals surface area (Å²) in [7, 11) is 0. The molecule has 98 valence electrons. The lowest BCUT2D eigenvalue weighted by Crippen LogP contribution is -1.93. The van der Waals surface area contributed by atoms with E-state index in [-0.39, 0.29) is 5.69 Å². The maximum atomic E-state index is 10.7. The number of alkyl halides is 1. The maximum absolute atomic E-state index is 10.7. The molecular formula is C13H9BrClNO3. The number of nitrogens with zero attached hydrogens (tertiary/aromatic N) is 1. The third-order valence-electron chi connectivity index (χ3n) is 2.44. The van der Waals surface area contributed by atoms with Crippen LogP contribution in [0.25, 0.3) is 0 Å². The summed E-state index contributed by atoms with van der Waals surface area (Å²) in [6.45, 7) is 0. The first-order valence-electron chi connectivity index (χ1n) is 5.37. The van der Waals surface area contributed by atoms with Gasteiger partial charge in [-0.2, -0.15) is 0 Å². The smallest absolute Gasteiger partial charge is 0.270 e. The second-order valence-electron chi connectivity index (χ2n) is 3.74. The Balaban J connectivity index is 2.29. The van der Waals surface area contributed by atoms with E-state index in [1.807, 2.05) is 0 Å². The molecule has 0 bridgehead atoms. The van der Waals surface area contributed by atoms with E-state index in [4.69, 9.17) is 16.3 Å². The van der Waals surface area contributed by atoms with Gasteiger partial charge in [0.1, 0.15) is 11.5 Å². The van der Waals surface area contributed by atoms with Gasteiger partial charge in [-0.25, -0.2) is 0 Å². The molecule has 0 saturated carbocycles. The molecular weight excluding hydrogens is 334 g/mol. The minimum atomic E-state index is -0.432. The summed E-state index contributed by atoms with van der Waals surface area (Å²) in [5.41, 5.74) is 0.752. The van der Waals surface area contributed by atoms with Crippen molar-refractivity contribution in [2.24, 2.45) is 0 Å². The summed E-state index contributed by atoms with van der Waals surface area (Å²) < 4.78 is 5.68. The minimum absolute atomic E-state index is 0.0397. The number of benzene rings is 2. The fourth-order valence-corrected chi connectivity index (χ4v) is 2.08. The highest BCUT2D eigenvalue weighted by molar-refractivity contribution is 9.08. The monoisotopic (exact) mass is 341 g/mol. The minimum Gasteiger partial charge on any atom is -0.457 e. The van der Waals surface area contributed by atoms with Crippen LogP contribution in [0.5, 0.6) is 11.5 Å². The van der Waals surface area contributed by atoms with Gasteiger partial charge in [0.2, 0.25) is 0 Å². The van der Waals surface area contributed by atoms with Gasteiger partial charge >= 0.3 is 0 Å². The van der Waals surface area contributed by atoms with Crippen molar-refractivity contribution in [2.45, 2.75) is 5.33 Å². The highest BCUT2D eigenvalue weighted by Crippen LogP contribution is 2.30. The first kappa shape index (κ1) is 13.8. The summed E-state index contributed by atoms with van der Waals surface area (Å²) >= 11 is 9.08. The zero-order valence-electron chi connectivity index (χ0n) is 9.68. The van der Waals surface area contributed by atoms with E-state index in [9.17, 15) is 10.1 Å². The summed E-state index contributed by atoms with van der Waals surface area (Å²) in [4.78, 5) is 10.3. The van der Waals surface area contributed by atoms with Crippen molar-refractivity contribution in [3.63, 3.8) is 0 Å². The molecule has 2 aromatic carbocycles. The van der Waals surface area contributed by atoms with Gasteiger partial charge in [-0.05, 0) is 30.3 Å². The number of nitro groups is 1. The zero-order chi connectivity index (χ0) is 13.8. The predicted octanol–water partition coefficient (Wildman–Crippen LogP) is 4.94. The molecule has 0 aromatic heterocycles. The Morgan fingerprint density at radius 1 is 1.21 bits per heavy atom. The Morgan fingerprint density at radius 2 is 1.89 bits per heavy atom. The molecule has 4 nitrogen and oxygen atoms in total. The molecule has 0 fully saturated rings. The zero-order valence-corrected chi connectivity index (χ0v) is 12.0. The van der Waals surface area contributed by atoms with Crippen LogP contribution < -0.4 is 4.74 Å². The first-order valence-corrected chi connectivity index (χ1v) is 6.87. The number of non-ortho nitro benzene ring substituents is 1. The molecule has 0 aliphatic heterocycles. The van der Waals surface area contributed by atoms with E-state index >= 15 is 0 Å². The van der Waals surface area contributed by atoms with Crippen LogP contribution in [0.4, 0.5) is 5.69 Å². The summed E-state index contributed by atoms with van der Waals surface area (Å²) in [5, 5.41) is 11.8. The second kappa shape index (κ2) is 6.04. The summed E-state index contributed by atoms with van der Waals surface area (Å²) in [6, 6.07) is 11.4. The van der Waals surface area contributed by atoms with Crippen molar-refractivity contribution >= 4 is 33.2 Å². The van der Waals surface area contributed by atoms with Crippen molar-refractivity contribution in [3.8, 4) is 11.5 Å². The van der Waals surface area contributed by atoms with E-state index in [2.05, 4.69) is 15.9 Å². The highest BCUT2D eigenvalue weighted by atomic mass is 79.9. The molecule has 0 heterocycles. The molecule has 0 aliphatic rings. The van der Waals surface area contributed by atoms with Gasteiger partial charge in [-0.3, -0.25) is 10.1 Å². The first-order chi connectivity index (χ1) is 9.10. The molecule has 0 saturated heterocycles. The van der Waals surface area contributed by atoms with Crippen molar-refractivity contribution in [1.29, 1.82) is 0 Å². The number of hydrogen-bond donors (Lipinski definition) is 0. The fraction of sp³-hybridized carbons (Fsp3) is 0.0769. The highest BCUT2D eigenvalue weighted by Gasteiger charge is 2.11. The Labute approximate surface area is 123 Å². The van der Waals surface area contributed by atoms with Crippen LogP contribution >= 0.6 is 27.5 Å². The Bertz CT molecular complexity index is 601. The average molecular weight is 343 g/mol. The third kappa shape index (κ3) is 3.45. The van der Waals surface area contributed by atoms with Crippen LogP contribution in [0.15, 0.2) is 42.5 Å². The molecule has 0 radical (unpaired) electrons. The van der Waals surface area contributed by atoms with Crippen molar-refractivity contribution < 1.29 is 9.66 Å². The van der Waals surface area contributed by atoms with Gasteiger partial charge in [-0.15, -0.1) is 0 Å². The lowest BCUT2D eigenvalue weighted by atomic mass is 10.2. The van der Waals surface area contributed by atoms with Crippen LogP contribution in [-0.2, 0) is 5.33 Å². The standard InChI is InChI=1S/C13H9BrClNO3/c14-8-9-7-11(16(17)18)3-6-13(9)19-12-4-1-10(15)2-5-12/h1-7H,8H2. The average Bonchev–Trinajstić information content (AvgIpc) is 2.41. The van der Waals surface area contributed by atoms with Gasteiger partial charge in [0, 0.05) is 28.0 Å². The lowest BCUT2D eigenvalue weighted by molar-refractivity contribution is -0.384. The number of halogens is 2. The van der Waals surface area contributed by atoms with Gasteiger partial charge in [0.25, 0.3) is 5.69 Å². The van der Waals surface area contributed by atoms with Gasteiger partial charge < -0.3 is 4.74 Å². The van der Waals surface area contributed by atoms with Crippen LogP contribution in [-0.4, -0.2) is 4.92 Å². The normalized spacial score (nSPS) is 10.2. The summed E-state index contributed by atoms with van der Waals surface area (Å²) in [6.07, 6.45) is 0. The van der Waals surface area contributed by atoms with Crippen LogP contribution in [0.2, 0.25) is 5.02 Å². The summed E-state index contributed by atoms with van der Waals surface area (Å²) in [5.74, 6) is 1.20. The van der Waals surface area contributed by atoms with Gasteiger partial charge in [0.05, 0.1) is 4.92 Å². The number of ether oxygens (including phenoxy) is 1. The molecule has 0 aliphatic carbocycles. The van der Waals surface area contributed by atoms with Crippen molar-refractivity contribution in [1.82, 2.24) is 0 Å². The fourth-order valence-electron chi connectivity index (χ4n) is 1.51. The second-order valence-corrected chi connectivity index (χ2v) is 4.74. The molecule has 2 aromatic rings. The lowest BCUT2D eigenvalue weighted by Gasteiger charge is -2.09. The molecule has 0 amide bonds. The number of nitro benzene ring substituents is 1. The number of rotatable bonds is 4. The Hall–Kier alpha value is -1.59. The Kier molecular flexibility index (Phi) is 4.39. The molecule has 0 spiro atoms. The molecule has 0 N–H and O–H groups in total.